The predicted octanol–water partition coefficient (Wildman–Crippen LogP) is 7.79. The van der Waals surface area contributed by atoms with Crippen molar-refractivity contribution in [3.05, 3.63) is 0 Å². The first-order valence-electron chi connectivity index (χ1n) is 17.1. The highest BCUT2D eigenvalue weighted by atomic mass is 35.5. The van der Waals surface area contributed by atoms with Crippen molar-refractivity contribution < 1.29 is 0 Å². The lowest BCUT2D eigenvalue weighted by Gasteiger charge is -2.31. The molecule has 5 fully saturated rings. The molecule has 0 aromatic carbocycles. The summed E-state index contributed by atoms with van der Waals surface area (Å²) >= 11 is 0. The summed E-state index contributed by atoms with van der Waals surface area (Å²) in [5.41, 5.74) is 5.58. The first-order chi connectivity index (χ1) is 18.3. The lowest BCUT2D eigenvalue weighted by Crippen LogP contribution is -2.36. The maximum absolute atomic E-state index is 5.58. The van der Waals surface area contributed by atoms with Crippen LogP contribution in [0.25, 0.3) is 0 Å². The Morgan fingerprint density at radius 3 is 1.44 bits per heavy atom. The van der Waals surface area contributed by atoms with E-state index in [9.17, 15) is 0 Å². The molecule has 5 N–H and O–H groups in total. The molecule has 4 nitrogen and oxygen atoms in total. The summed E-state index contributed by atoms with van der Waals surface area (Å²) in [6.07, 6.45) is 26.5. The molecule has 0 aliphatic heterocycles. The highest BCUT2D eigenvalue weighted by Crippen LogP contribution is 2.52. The maximum atomic E-state index is 5.58. The smallest absolute Gasteiger partial charge is 0.00725 e. The van der Waals surface area contributed by atoms with Gasteiger partial charge in [0.2, 0.25) is 0 Å². The molecule has 5 rings (SSSR count). The Kier molecular flexibility index (Phi) is 21.2. The van der Waals surface area contributed by atoms with Gasteiger partial charge in [0.15, 0.2) is 0 Å². The van der Waals surface area contributed by atoms with Crippen molar-refractivity contribution in [2.24, 2.45) is 53.1 Å². The standard InChI is InChI=1S/C33H62N4.4ClH/c34-13-1-14-35-17-11-25-3-5-26(6-4-25)12-18-36-15-2-16-37-33(23-31-21-27-7-9-29(31)19-27)24-32-22-28-8-10-30(32)20-28;;;;/h25-33,35-37H,1-24,34H2;4*1H. The fourth-order valence-corrected chi connectivity index (χ4v) is 9.74. The molecule has 246 valence electrons. The molecule has 5 aliphatic rings. The zero-order valence-electron chi connectivity index (χ0n) is 25.9. The molecule has 0 aromatic rings. The zero-order chi connectivity index (χ0) is 25.3. The van der Waals surface area contributed by atoms with Gasteiger partial charge in [-0.15, -0.1) is 49.6 Å². The number of hydrogen-bond donors (Lipinski definition) is 4. The van der Waals surface area contributed by atoms with Crippen LogP contribution in [0.3, 0.4) is 0 Å². The van der Waals surface area contributed by atoms with E-state index in [0.29, 0.717) is 0 Å². The van der Waals surface area contributed by atoms with Crippen molar-refractivity contribution in [1.29, 1.82) is 0 Å². The van der Waals surface area contributed by atoms with Gasteiger partial charge in [0.25, 0.3) is 0 Å². The van der Waals surface area contributed by atoms with Crippen LogP contribution >= 0.6 is 49.6 Å². The highest BCUT2D eigenvalue weighted by Gasteiger charge is 2.43. The third kappa shape index (κ3) is 12.7. The van der Waals surface area contributed by atoms with E-state index < -0.39 is 0 Å². The van der Waals surface area contributed by atoms with Crippen LogP contribution in [0.5, 0.6) is 0 Å². The molecule has 0 heterocycles. The lowest BCUT2D eigenvalue weighted by atomic mass is 9.79. The van der Waals surface area contributed by atoms with Gasteiger partial charge in [-0.05, 0) is 164 Å². The fraction of sp³-hybridized carbons (Fsp3) is 1.00. The third-order valence-corrected chi connectivity index (χ3v) is 11.9. The van der Waals surface area contributed by atoms with Crippen molar-refractivity contribution in [2.75, 3.05) is 39.3 Å². The first kappa shape index (κ1) is 40.0. The first-order valence-corrected chi connectivity index (χ1v) is 17.1. The van der Waals surface area contributed by atoms with E-state index >= 15 is 0 Å². The molecular weight excluding hydrogens is 594 g/mol. The van der Waals surface area contributed by atoms with E-state index in [1.165, 1.54) is 84.0 Å². The molecule has 4 bridgehead atoms. The summed E-state index contributed by atoms with van der Waals surface area (Å²) in [6, 6.07) is 0.805. The van der Waals surface area contributed by atoms with E-state index in [2.05, 4.69) is 16.0 Å². The van der Waals surface area contributed by atoms with Crippen molar-refractivity contribution in [3.8, 4) is 0 Å². The monoisotopic (exact) mass is 658 g/mol. The molecule has 0 saturated heterocycles. The van der Waals surface area contributed by atoms with Crippen LogP contribution in [0.15, 0.2) is 0 Å². The molecule has 0 spiro atoms. The minimum atomic E-state index is 0. The number of nitrogens with one attached hydrogen (secondary N) is 3. The van der Waals surface area contributed by atoms with Crippen molar-refractivity contribution in [1.82, 2.24) is 16.0 Å². The second-order valence-corrected chi connectivity index (χ2v) is 14.5. The fourth-order valence-electron chi connectivity index (χ4n) is 9.74. The minimum Gasteiger partial charge on any atom is -0.330 e. The normalized spacial score (nSPS) is 33.9. The van der Waals surface area contributed by atoms with E-state index in [1.54, 1.807) is 51.4 Å². The summed E-state index contributed by atoms with van der Waals surface area (Å²) in [5.74, 6) is 8.41. The summed E-state index contributed by atoms with van der Waals surface area (Å²) < 4.78 is 0. The van der Waals surface area contributed by atoms with E-state index in [0.717, 1.165) is 72.9 Å². The van der Waals surface area contributed by atoms with E-state index in [4.69, 9.17) is 5.73 Å². The Hall–Kier alpha value is 1.000. The highest BCUT2D eigenvalue weighted by molar-refractivity contribution is 5.86. The van der Waals surface area contributed by atoms with Gasteiger partial charge in [-0.2, -0.15) is 0 Å². The Labute approximate surface area is 278 Å². The Morgan fingerprint density at radius 2 is 1.02 bits per heavy atom. The lowest BCUT2D eigenvalue weighted by molar-refractivity contribution is 0.226. The topological polar surface area (TPSA) is 62.1 Å². The summed E-state index contributed by atoms with van der Waals surface area (Å²) in [7, 11) is 0. The van der Waals surface area contributed by atoms with Crippen LogP contribution < -0.4 is 21.7 Å². The van der Waals surface area contributed by atoms with Crippen molar-refractivity contribution >= 4 is 49.6 Å². The quantitative estimate of drug-likeness (QED) is 0.113. The number of hydrogen-bond acceptors (Lipinski definition) is 4. The van der Waals surface area contributed by atoms with Crippen LogP contribution in [0.2, 0.25) is 0 Å². The molecular formula is C33H66Cl4N4. The molecule has 8 heteroatoms. The van der Waals surface area contributed by atoms with Gasteiger partial charge in [-0.25, -0.2) is 0 Å². The van der Waals surface area contributed by atoms with Gasteiger partial charge in [-0.3, -0.25) is 0 Å². The van der Waals surface area contributed by atoms with Gasteiger partial charge in [0.1, 0.15) is 0 Å². The SMILES string of the molecule is Cl.Cl.Cl.Cl.NCCCNCCC1CCC(CCNCCCNC(CC2CC3CCC2C3)CC2CC3CCC2C3)CC1. The summed E-state index contributed by atoms with van der Waals surface area (Å²) in [4.78, 5) is 0. The van der Waals surface area contributed by atoms with Crippen LogP contribution in [0, 0.1) is 47.3 Å². The van der Waals surface area contributed by atoms with Gasteiger partial charge < -0.3 is 21.7 Å². The molecule has 0 amide bonds. The van der Waals surface area contributed by atoms with Crippen molar-refractivity contribution in [3.63, 3.8) is 0 Å². The van der Waals surface area contributed by atoms with Gasteiger partial charge in [0, 0.05) is 6.04 Å². The molecule has 0 aromatic heterocycles. The molecule has 6 unspecified atom stereocenters. The summed E-state index contributed by atoms with van der Waals surface area (Å²) in [6.45, 7) is 6.75. The van der Waals surface area contributed by atoms with Crippen LogP contribution in [-0.2, 0) is 0 Å². The Bertz CT molecular complexity index is 621. The largest absolute Gasteiger partial charge is 0.330 e. The van der Waals surface area contributed by atoms with Gasteiger partial charge in [0.05, 0.1) is 0 Å². The third-order valence-electron chi connectivity index (χ3n) is 11.9. The molecule has 5 aliphatic carbocycles. The van der Waals surface area contributed by atoms with Gasteiger partial charge in [-0.1, -0.05) is 38.5 Å². The molecule has 0 radical (unpaired) electrons. The molecule has 6 atom stereocenters. The second-order valence-electron chi connectivity index (χ2n) is 14.5. The number of fused-ring (bicyclic) bond motifs is 4. The number of rotatable bonds is 18. The average Bonchev–Trinajstić information content (AvgIpc) is 3.72. The minimum absolute atomic E-state index is 0. The number of halogens is 4. The van der Waals surface area contributed by atoms with Crippen LogP contribution in [0.1, 0.15) is 116 Å². The summed E-state index contributed by atoms with van der Waals surface area (Å²) in [5, 5.41) is 11.5. The molecule has 5 saturated carbocycles. The van der Waals surface area contributed by atoms with Gasteiger partial charge >= 0.3 is 0 Å². The van der Waals surface area contributed by atoms with Crippen LogP contribution in [0.4, 0.5) is 0 Å². The number of nitrogens with two attached hydrogens (primary N) is 1. The van der Waals surface area contributed by atoms with Crippen LogP contribution in [-0.4, -0.2) is 45.3 Å². The molecule has 41 heavy (non-hydrogen) atoms. The van der Waals surface area contributed by atoms with E-state index in [1.807, 2.05) is 0 Å². The van der Waals surface area contributed by atoms with E-state index in [-0.39, 0.29) is 49.6 Å². The maximum Gasteiger partial charge on any atom is 0.00725 e. The Morgan fingerprint density at radius 1 is 0.537 bits per heavy atom. The zero-order valence-corrected chi connectivity index (χ0v) is 29.1. The Balaban J connectivity index is 0.00000210. The second kappa shape index (κ2) is 21.7. The average molecular weight is 661 g/mol. The predicted molar refractivity (Wildman–Crippen MR) is 187 cm³/mol. The van der Waals surface area contributed by atoms with Crippen molar-refractivity contribution in [2.45, 2.75) is 122 Å².